The van der Waals surface area contributed by atoms with Crippen molar-refractivity contribution in [1.82, 2.24) is 9.55 Å². The maximum atomic E-state index is 12.2. The summed E-state index contributed by atoms with van der Waals surface area (Å²) in [6.07, 6.45) is 1.50. The van der Waals surface area contributed by atoms with Crippen LogP contribution in [-0.2, 0) is 6.54 Å². The predicted molar refractivity (Wildman–Crippen MR) is 71.6 cm³/mol. The number of halogens is 1. The molecule has 3 rings (SSSR count). The minimum Gasteiger partial charge on any atom is -0.467 e. The number of nitrogens with zero attached hydrogens (tertiary/aromatic N) is 1. The molecule has 0 radical (unpaired) electrons. The van der Waals surface area contributed by atoms with Crippen molar-refractivity contribution in [3.63, 3.8) is 0 Å². The fourth-order valence-corrected chi connectivity index (χ4v) is 2.10. The summed E-state index contributed by atoms with van der Waals surface area (Å²) < 4.78 is 6.24. The van der Waals surface area contributed by atoms with E-state index in [-0.39, 0.29) is 12.1 Å². The summed E-state index contributed by atoms with van der Waals surface area (Å²) in [7, 11) is 0. The van der Waals surface area contributed by atoms with Gasteiger partial charge in [-0.05, 0) is 30.3 Å². The van der Waals surface area contributed by atoms with E-state index in [1.807, 2.05) is 0 Å². The first-order valence-corrected chi connectivity index (χ1v) is 5.98. The third kappa shape index (κ3) is 2.08. The topological polar surface area (TPSA) is 68.0 Å². The van der Waals surface area contributed by atoms with Crippen LogP contribution in [0, 0.1) is 0 Å². The van der Waals surface area contributed by atoms with E-state index in [4.69, 9.17) is 16.0 Å². The smallest absolute Gasteiger partial charge is 0.329 e. The highest BCUT2D eigenvalue weighted by Gasteiger charge is 2.09. The van der Waals surface area contributed by atoms with Crippen LogP contribution in [0.3, 0.4) is 0 Å². The van der Waals surface area contributed by atoms with Gasteiger partial charge in [0.2, 0.25) is 0 Å². The van der Waals surface area contributed by atoms with Crippen molar-refractivity contribution in [2.45, 2.75) is 6.54 Å². The van der Waals surface area contributed by atoms with E-state index in [1.54, 1.807) is 30.3 Å². The molecule has 0 aliphatic heterocycles. The molecule has 0 bridgehead atoms. The largest absolute Gasteiger partial charge is 0.467 e. The number of furan rings is 1. The second kappa shape index (κ2) is 4.44. The molecule has 2 aromatic heterocycles. The first-order chi connectivity index (χ1) is 9.15. The highest BCUT2D eigenvalue weighted by molar-refractivity contribution is 6.31. The van der Waals surface area contributed by atoms with Crippen molar-refractivity contribution in [2.75, 3.05) is 0 Å². The van der Waals surface area contributed by atoms with Gasteiger partial charge >= 0.3 is 5.69 Å². The molecule has 0 aliphatic rings. The van der Waals surface area contributed by atoms with Crippen LogP contribution in [0.25, 0.3) is 10.9 Å². The first kappa shape index (κ1) is 11.8. The van der Waals surface area contributed by atoms with E-state index < -0.39 is 5.69 Å². The van der Waals surface area contributed by atoms with Crippen molar-refractivity contribution in [2.24, 2.45) is 0 Å². The van der Waals surface area contributed by atoms with Gasteiger partial charge in [-0.3, -0.25) is 9.36 Å². The average Bonchev–Trinajstić information content (AvgIpc) is 2.87. The molecule has 6 heteroatoms. The summed E-state index contributed by atoms with van der Waals surface area (Å²) in [6, 6.07) is 8.17. The first-order valence-electron chi connectivity index (χ1n) is 5.60. The number of aromatic nitrogens is 2. The number of H-pyrrole nitrogens is 1. The second-order valence-corrected chi connectivity index (χ2v) is 4.53. The molecule has 1 aromatic carbocycles. The number of hydrogen-bond acceptors (Lipinski definition) is 3. The molecule has 0 saturated heterocycles. The summed E-state index contributed by atoms with van der Waals surface area (Å²) in [5.41, 5.74) is -0.429. The molecule has 3 aromatic rings. The predicted octanol–water partition coefficient (Wildman–Crippen LogP) is 1.98. The molecule has 2 heterocycles. The van der Waals surface area contributed by atoms with Gasteiger partial charge in [-0.1, -0.05) is 11.6 Å². The molecule has 96 valence electrons. The highest BCUT2D eigenvalue weighted by Crippen LogP contribution is 2.13. The van der Waals surface area contributed by atoms with Crippen molar-refractivity contribution in [3.8, 4) is 0 Å². The minimum atomic E-state index is -0.490. The zero-order valence-electron chi connectivity index (χ0n) is 9.72. The lowest BCUT2D eigenvalue weighted by molar-refractivity contribution is 0.485. The zero-order chi connectivity index (χ0) is 13.4. The minimum absolute atomic E-state index is 0.0970. The average molecular weight is 277 g/mol. The quantitative estimate of drug-likeness (QED) is 0.778. The standard InChI is InChI=1S/C13H9ClN2O3/c14-8-3-4-10-11(6-8)15-13(18)16(12(10)17)7-9-2-1-5-19-9/h1-6H,7H2,(H,15,18). The lowest BCUT2D eigenvalue weighted by Gasteiger charge is -2.04. The van der Waals surface area contributed by atoms with E-state index in [1.165, 1.54) is 6.26 Å². The van der Waals surface area contributed by atoms with Gasteiger partial charge in [-0.25, -0.2) is 4.79 Å². The highest BCUT2D eigenvalue weighted by atomic mass is 35.5. The molecular formula is C13H9ClN2O3. The van der Waals surface area contributed by atoms with Crippen LogP contribution < -0.4 is 11.2 Å². The Hall–Kier alpha value is -2.27. The van der Waals surface area contributed by atoms with Gasteiger partial charge in [0, 0.05) is 5.02 Å². The van der Waals surface area contributed by atoms with Crippen LogP contribution in [-0.4, -0.2) is 9.55 Å². The van der Waals surface area contributed by atoms with Crippen molar-refractivity contribution in [3.05, 3.63) is 68.2 Å². The molecule has 0 aliphatic carbocycles. The summed E-state index contributed by atoms with van der Waals surface area (Å²) >= 11 is 5.83. The van der Waals surface area contributed by atoms with Gasteiger partial charge in [-0.15, -0.1) is 0 Å². The number of fused-ring (bicyclic) bond motifs is 1. The lowest BCUT2D eigenvalue weighted by Crippen LogP contribution is -2.35. The number of aromatic amines is 1. The summed E-state index contributed by atoms with van der Waals surface area (Å²) in [5.74, 6) is 0.543. The summed E-state index contributed by atoms with van der Waals surface area (Å²) in [6.45, 7) is 0.0970. The Morgan fingerprint density at radius 3 is 2.84 bits per heavy atom. The molecule has 19 heavy (non-hydrogen) atoms. The Balaban J connectivity index is 2.23. The molecular weight excluding hydrogens is 268 g/mol. The number of benzene rings is 1. The Morgan fingerprint density at radius 1 is 1.26 bits per heavy atom. The van der Waals surface area contributed by atoms with Gasteiger partial charge < -0.3 is 9.40 Å². The molecule has 0 spiro atoms. The van der Waals surface area contributed by atoms with E-state index in [0.29, 0.717) is 21.7 Å². The van der Waals surface area contributed by atoms with Crippen LogP contribution in [0.1, 0.15) is 5.76 Å². The van der Waals surface area contributed by atoms with Gasteiger partial charge in [0.15, 0.2) is 0 Å². The Bertz CT molecular complexity index is 846. The van der Waals surface area contributed by atoms with Gasteiger partial charge in [0.1, 0.15) is 5.76 Å². The second-order valence-electron chi connectivity index (χ2n) is 4.09. The summed E-state index contributed by atoms with van der Waals surface area (Å²) in [4.78, 5) is 26.8. The number of nitrogens with one attached hydrogen (secondary N) is 1. The molecule has 0 unspecified atom stereocenters. The third-order valence-electron chi connectivity index (χ3n) is 2.84. The maximum Gasteiger partial charge on any atom is 0.329 e. The molecule has 0 fully saturated rings. The van der Waals surface area contributed by atoms with Gasteiger partial charge in [-0.2, -0.15) is 0 Å². The molecule has 0 atom stereocenters. The van der Waals surface area contributed by atoms with Gasteiger partial charge in [0.25, 0.3) is 5.56 Å². The van der Waals surface area contributed by atoms with Crippen LogP contribution >= 0.6 is 11.6 Å². The lowest BCUT2D eigenvalue weighted by atomic mass is 10.2. The zero-order valence-corrected chi connectivity index (χ0v) is 10.5. The van der Waals surface area contributed by atoms with Crippen LogP contribution in [0.4, 0.5) is 0 Å². The van der Waals surface area contributed by atoms with Crippen molar-refractivity contribution < 1.29 is 4.42 Å². The monoisotopic (exact) mass is 276 g/mol. The fourth-order valence-electron chi connectivity index (χ4n) is 1.93. The SMILES string of the molecule is O=c1[nH]c2cc(Cl)ccc2c(=O)n1Cc1ccco1. The number of hydrogen-bond donors (Lipinski definition) is 1. The Kier molecular flexibility index (Phi) is 2.76. The van der Waals surface area contributed by atoms with Crippen molar-refractivity contribution in [1.29, 1.82) is 0 Å². The van der Waals surface area contributed by atoms with Crippen molar-refractivity contribution >= 4 is 22.5 Å². The molecule has 0 saturated carbocycles. The van der Waals surface area contributed by atoms with E-state index >= 15 is 0 Å². The summed E-state index contributed by atoms with van der Waals surface area (Å²) in [5, 5.41) is 0.877. The molecule has 0 amide bonds. The molecule has 1 N–H and O–H groups in total. The third-order valence-corrected chi connectivity index (χ3v) is 3.07. The Labute approximate surface area is 112 Å². The van der Waals surface area contributed by atoms with Crippen LogP contribution in [0.2, 0.25) is 5.02 Å². The van der Waals surface area contributed by atoms with Gasteiger partial charge in [0.05, 0.1) is 23.7 Å². The van der Waals surface area contributed by atoms with Crippen LogP contribution in [0.15, 0.2) is 50.6 Å². The maximum absolute atomic E-state index is 12.2. The molecule has 5 nitrogen and oxygen atoms in total. The Morgan fingerprint density at radius 2 is 2.11 bits per heavy atom. The van der Waals surface area contributed by atoms with Crippen LogP contribution in [0.5, 0.6) is 0 Å². The fraction of sp³-hybridized carbons (Fsp3) is 0.0769. The van der Waals surface area contributed by atoms with E-state index in [2.05, 4.69) is 4.98 Å². The normalized spacial score (nSPS) is 11.0. The number of rotatable bonds is 2. The van der Waals surface area contributed by atoms with E-state index in [9.17, 15) is 9.59 Å². The van der Waals surface area contributed by atoms with E-state index in [0.717, 1.165) is 4.57 Å².